The first-order chi connectivity index (χ1) is 11.8. The molecule has 0 N–H and O–H groups in total. The Kier molecular flexibility index (Phi) is 5.28. The van der Waals surface area contributed by atoms with Crippen molar-refractivity contribution in [1.29, 1.82) is 0 Å². The molecule has 3 aromatic rings. The van der Waals surface area contributed by atoms with E-state index >= 15 is 0 Å². The van der Waals surface area contributed by atoms with Gasteiger partial charge in [-0.15, -0.1) is 0 Å². The second-order valence-corrected chi connectivity index (χ2v) is 6.12. The Morgan fingerprint density at radius 1 is 1.12 bits per heavy atom. The van der Waals surface area contributed by atoms with Gasteiger partial charge in [-0.05, 0) is 5.56 Å². The Morgan fingerprint density at radius 2 is 1.79 bits per heavy atom. The van der Waals surface area contributed by atoms with Crippen molar-refractivity contribution in [3.8, 4) is 0 Å². The summed E-state index contributed by atoms with van der Waals surface area (Å²) >= 11 is 1.60. The number of rotatable bonds is 7. The zero-order valence-electron chi connectivity index (χ0n) is 13.2. The van der Waals surface area contributed by atoms with Crippen molar-refractivity contribution < 1.29 is 9.53 Å². The Labute approximate surface area is 144 Å². The van der Waals surface area contributed by atoms with Crippen LogP contribution in [-0.2, 0) is 22.3 Å². The highest BCUT2D eigenvalue weighted by Crippen LogP contribution is 2.26. The van der Waals surface area contributed by atoms with Crippen LogP contribution in [0.15, 0.2) is 65.8 Å². The minimum atomic E-state index is -0.596. The second-order valence-electron chi connectivity index (χ2n) is 5.17. The quantitative estimate of drug-likeness (QED) is 0.488. The second kappa shape index (κ2) is 7.79. The van der Waals surface area contributed by atoms with Crippen LogP contribution in [0.1, 0.15) is 23.1 Å². The number of hydrogen-bond donors (Lipinski definition) is 0. The summed E-state index contributed by atoms with van der Waals surface area (Å²) in [4.78, 5) is 15.4. The molecule has 0 bridgehead atoms. The molecule has 0 saturated heterocycles. The van der Waals surface area contributed by atoms with E-state index in [1.807, 2.05) is 55.6 Å². The molecular weight excluding hydrogens is 322 g/mol. The predicted molar refractivity (Wildman–Crippen MR) is 92.4 cm³/mol. The lowest BCUT2D eigenvalue weighted by Crippen LogP contribution is -2.07. The third-order valence-corrected chi connectivity index (χ3v) is 4.57. The fourth-order valence-electron chi connectivity index (χ4n) is 2.32. The van der Waals surface area contributed by atoms with Crippen LogP contribution in [0.3, 0.4) is 0 Å². The van der Waals surface area contributed by atoms with E-state index in [2.05, 4.69) is 22.2 Å². The average molecular weight is 339 g/mol. The SMILES string of the molecule is Cn1nc(C(OC=O)c2ccccc2)nc1SCc1ccccc1. The van der Waals surface area contributed by atoms with E-state index in [4.69, 9.17) is 4.74 Å². The average Bonchev–Trinajstić information content (AvgIpc) is 3.00. The van der Waals surface area contributed by atoms with Gasteiger partial charge in [0.25, 0.3) is 6.47 Å². The number of aromatic nitrogens is 3. The largest absolute Gasteiger partial charge is 0.451 e. The van der Waals surface area contributed by atoms with Crippen LogP contribution >= 0.6 is 11.8 Å². The summed E-state index contributed by atoms with van der Waals surface area (Å²) in [5.41, 5.74) is 2.06. The summed E-state index contributed by atoms with van der Waals surface area (Å²) in [6.07, 6.45) is -0.596. The van der Waals surface area contributed by atoms with Crippen molar-refractivity contribution in [3.63, 3.8) is 0 Å². The molecule has 0 fully saturated rings. The molecule has 0 aliphatic heterocycles. The van der Waals surface area contributed by atoms with Crippen LogP contribution < -0.4 is 0 Å². The molecule has 0 aliphatic rings. The summed E-state index contributed by atoms with van der Waals surface area (Å²) in [6.45, 7) is 0.435. The molecule has 0 spiro atoms. The maximum atomic E-state index is 10.9. The molecule has 24 heavy (non-hydrogen) atoms. The van der Waals surface area contributed by atoms with Gasteiger partial charge in [0.15, 0.2) is 17.1 Å². The first kappa shape index (κ1) is 16.3. The summed E-state index contributed by atoms with van der Waals surface area (Å²) in [7, 11) is 1.84. The van der Waals surface area contributed by atoms with E-state index in [0.29, 0.717) is 12.3 Å². The molecule has 122 valence electrons. The molecule has 3 rings (SSSR count). The van der Waals surface area contributed by atoms with Crippen molar-refractivity contribution in [2.45, 2.75) is 17.0 Å². The van der Waals surface area contributed by atoms with E-state index in [9.17, 15) is 4.79 Å². The Bertz CT molecular complexity index is 791. The molecular formula is C18H17N3O2S. The van der Waals surface area contributed by atoms with E-state index in [1.165, 1.54) is 5.56 Å². The maximum absolute atomic E-state index is 10.9. The normalized spacial score (nSPS) is 11.9. The highest BCUT2D eigenvalue weighted by atomic mass is 32.2. The smallest absolute Gasteiger partial charge is 0.294 e. The molecule has 5 nitrogen and oxygen atoms in total. The highest BCUT2D eigenvalue weighted by molar-refractivity contribution is 7.98. The number of ether oxygens (including phenoxy) is 1. The van der Waals surface area contributed by atoms with Crippen LogP contribution in [0.2, 0.25) is 0 Å². The number of thioether (sulfide) groups is 1. The molecule has 0 aliphatic carbocycles. The van der Waals surface area contributed by atoms with Gasteiger partial charge < -0.3 is 4.74 Å². The Balaban J connectivity index is 1.80. The number of aryl methyl sites for hydroxylation is 1. The van der Waals surface area contributed by atoms with Crippen LogP contribution in [0.5, 0.6) is 0 Å². The molecule has 0 radical (unpaired) electrons. The standard InChI is InChI=1S/C18H17N3O2S/c1-21-18(24-12-14-8-4-2-5-9-14)19-17(20-21)16(23-13-22)15-10-6-3-7-11-15/h2-11,13,16H,12H2,1H3. The van der Waals surface area contributed by atoms with Gasteiger partial charge in [-0.25, -0.2) is 9.67 Å². The van der Waals surface area contributed by atoms with Gasteiger partial charge in [0.05, 0.1) is 0 Å². The number of benzene rings is 2. The monoisotopic (exact) mass is 339 g/mol. The lowest BCUT2D eigenvalue weighted by molar-refractivity contribution is -0.132. The number of nitrogens with zero attached hydrogens (tertiary/aromatic N) is 3. The minimum Gasteiger partial charge on any atom is -0.451 e. The van der Waals surface area contributed by atoms with Crippen molar-refractivity contribution in [1.82, 2.24) is 14.8 Å². The summed E-state index contributed by atoms with van der Waals surface area (Å²) in [5.74, 6) is 1.28. The minimum absolute atomic E-state index is 0.435. The fourth-order valence-corrected chi connectivity index (χ4v) is 3.19. The zero-order valence-corrected chi connectivity index (χ0v) is 14.0. The molecule has 0 amide bonds. The third-order valence-electron chi connectivity index (χ3n) is 3.48. The summed E-state index contributed by atoms with van der Waals surface area (Å²) in [5, 5.41) is 5.20. The van der Waals surface area contributed by atoms with E-state index in [0.717, 1.165) is 16.5 Å². The maximum Gasteiger partial charge on any atom is 0.294 e. The lowest BCUT2D eigenvalue weighted by atomic mass is 10.1. The molecule has 1 heterocycles. The Hall–Kier alpha value is -2.60. The number of carbonyl (C=O) groups excluding carboxylic acids is 1. The van der Waals surface area contributed by atoms with Crippen molar-refractivity contribution in [3.05, 3.63) is 77.6 Å². The first-order valence-corrected chi connectivity index (χ1v) is 8.48. The van der Waals surface area contributed by atoms with Gasteiger partial charge in [0, 0.05) is 18.4 Å². The van der Waals surface area contributed by atoms with Crippen molar-refractivity contribution in [2.24, 2.45) is 7.05 Å². The molecule has 2 aromatic carbocycles. The molecule has 1 atom stereocenters. The van der Waals surface area contributed by atoms with Crippen molar-refractivity contribution >= 4 is 18.2 Å². The third kappa shape index (κ3) is 3.83. The van der Waals surface area contributed by atoms with Gasteiger partial charge in [0.2, 0.25) is 0 Å². The van der Waals surface area contributed by atoms with Crippen molar-refractivity contribution in [2.75, 3.05) is 0 Å². The van der Waals surface area contributed by atoms with E-state index < -0.39 is 6.10 Å². The molecule has 6 heteroatoms. The van der Waals surface area contributed by atoms with Gasteiger partial charge in [-0.3, -0.25) is 4.79 Å². The zero-order chi connectivity index (χ0) is 16.8. The van der Waals surface area contributed by atoms with Crippen LogP contribution in [0.25, 0.3) is 0 Å². The predicted octanol–water partition coefficient (Wildman–Crippen LogP) is 3.37. The van der Waals surface area contributed by atoms with E-state index in [1.54, 1.807) is 16.4 Å². The topological polar surface area (TPSA) is 57.0 Å². The fraction of sp³-hybridized carbons (Fsp3) is 0.167. The Morgan fingerprint density at radius 3 is 2.46 bits per heavy atom. The van der Waals surface area contributed by atoms with Gasteiger partial charge in [-0.2, -0.15) is 5.10 Å². The first-order valence-electron chi connectivity index (χ1n) is 7.49. The van der Waals surface area contributed by atoms with Crippen LogP contribution in [0.4, 0.5) is 0 Å². The van der Waals surface area contributed by atoms with Crippen LogP contribution in [-0.4, -0.2) is 21.2 Å². The highest BCUT2D eigenvalue weighted by Gasteiger charge is 2.21. The van der Waals surface area contributed by atoms with Gasteiger partial charge >= 0.3 is 0 Å². The number of hydrogen-bond acceptors (Lipinski definition) is 5. The van der Waals surface area contributed by atoms with E-state index in [-0.39, 0.29) is 0 Å². The number of carbonyl (C=O) groups is 1. The summed E-state index contributed by atoms with van der Waals surface area (Å²) in [6, 6.07) is 19.7. The van der Waals surface area contributed by atoms with Gasteiger partial charge in [0.1, 0.15) is 0 Å². The van der Waals surface area contributed by atoms with Gasteiger partial charge in [-0.1, -0.05) is 72.4 Å². The van der Waals surface area contributed by atoms with Crippen LogP contribution in [0, 0.1) is 0 Å². The lowest BCUT2D eigenvalue weighted by Gasteiger charge is -2.11. The summed E-state index contributed by atoms with van der Waals surface area (Å²) < 4.78 is 6.93. The molecule has 1 aromatic heterocycles. The molecule has 1 unspecified atom stereocenters. The molecule has 0 saturated carbocycles.